The molecule has 3 fully saturated rings. The van der Waals surface area contributed by atoms with Crippen LogP contribution >= 0.6 is 0 Å². The number of fused-ring (bicyclic) bond motifs is 5. The molecule has 152 valence electrons. The van der Waals surface area contributed by atoms with Gasteiger partial charge in [0.15, 0.2) is 17.2 Å². The molecule has 0 spiro atoms. The van der Waals surface area contributed by atoms with Crippen LogP contribution in [0.15, 0.2) is 23.8 Å². The first-order valence-corrected chi connectivity index (χ1v) is 10.9. The van der Waals surface area contributed by atoms with Crippen molar-refractivity contribution in [3.05, 3.63) is 23.8 Å². The summed E-state index contributed by atoms with van der Waals surface area (Å²) in [6.45, 7) is 9.75. The molecule has 0 aliphatic heterocycles. The lowest BCUT2D eigenvalue weighted by Crippen LogP contribution is -2.58. The molecule has 0 aromatic carbocycles. The zero-order chi connectivity index (χ0) is 20.3. The summed E-state index contributed by atoms with van der Waals surface area (Å²) in [6, 6.07) is 0. The average Bonchev–Trinajstić information content (AvgIpc) is 2.89. The second kappa shape index (κ2) is 6.67. The maximum atomic E-state index is 12.9. The van der Waals surface area contributed by atoms with Gasteiger partial charge in [0.25, 0.3) is 0 Å². The van der Waals surface area contributed by atoms with Gasteiger partial charge in [-0.3, -0.25) is 14.4 Å². The SMILES string of the molecule is C=C1C[C@H]2[C@@H]3CCC4=CC(=O)CC[C@@H]4[C@H]3CC[C@]2(C)[C@@]1(OC(=O)CC)C(C)=O. The lowest BCUT2D eigenvalue weighted by atomic mass is 9.50. The molecule has 0 N–H and O–H groups in total. The Bertz CT molecular complexity index is 777. The first-order chi connectivity index (χ1) is 13.2. The van der Waals surface area contributed by atoms with Crippen molar-refractivity contribution in [3.8, 4) is 0 Å². The van der Waals surface area contributed by atoms with E-state index >= 15 is 0 Å². The lowest BCUT2D eigenvalue weighted by molar-refractivity contribution is -0.182. The van der Waals surface area contributed by atoms with E-state index in [2.05, 4.69) is 13.5 Å². The van der Waals surface area contributed by atoms with Crippen LogP contribution in [0.3, 0.4) is 0 Å². The number of esters is 1. The topological polar surface area (TPSA) is 60.4 Å². The summed E-state index contributed by atoms with van der Waals surface area (Å²) in [6.07, 6.45) is 8.51. The molecule has 4 nitrogen and oxygen atoms in total. The number of hydrogen-bond acceptors (Lipinski definition) is 4. The Morgan fingerprint density at radius 3 is 2.64 bits per heavy atom. The van der Waals surface area contributed by atoms with Gasteiger partial charge < -0.3 is 4.74 Å². The molecular formula is C24H32O4. The summed E-state index contributed by atoms with van der Waals surface area (Å²) < 4.78 is 5.95. The molecule has 0 radical (unpaired) electrons. The first-order valence-electron chi connectivity index (χ1n) is 10.9. The number of ketones is 2. The van der Waals surface area contributed by atoms with Crippen molar-refractivity contribution >= 4 is 17.5 Å². The second-order valence-electron chi connectivity index (χ2n) is 9.63. The molecule has 0 amide bonds. The molecule has 3 saturated carbocycles. The third-order valence-corrected chi connectivity index (χ3v) is 8.51. The minimum atomic E-state index is -1.17. The van der Waals surface area contributed by atoms with Crippen molar-refractivity contribution in [3.63, 3.8) is 0 Å². The van der Waals surface area contributed by atoms with Crippen molar-refractivity contribution in [2.75, 3.05) is 0 Å². The zero-order valence-corrected chi connectivity index (χ0v) is 17.4. The van der Waals surface area contributed by atoms with E-state index in [-0.39, 0.29) is 29.4 Å². The van der Waals surface area contributed by atoms with E-state index < -0.39 is 5.60 Å². The quantitative estimate of drug-likeness (QED) is 0.528. The van der Waals surface area contributed by atoms with Crippen molar-refractivity contribution in [2.45, 2.75) is 77.7 Å². The van der Waals surface area contributed by atoms with Crippen LogP contribution in [0, 0.1) is 29.1 Å². The lowest BCUT2D eigenvalue weighted by Gasteiger charge is -2.55. The normalized spacial score (nSPS) is 42.2. The van der Waals surface area contributed by atoms with Crippen LogP contribution in [0.1, 0.15) is 72.1 Å². The zero-order valence-electron chi connectivity index (χ0n) is 17.4. The van der Waals surface area contributed by atoms with Gasteiger partial charge in [-0.2, -0.15) is 0 Å². The highest BCUT2D eigenvalue weighted by Crippen LogP contribution is 2.67. The fourth-order valence-electron chi connectivity index (χ4n) is 7.28. The number of Topliss-reactive ketones (excluding diaryl/α,β-unsaturated/α-hetero) is 1. The fourth-order valence-corrected chi connectivity index (χ4v) is 7.28. The van der Waals surface area contributed by atoms with Crippen LogP contribution in [-0.2, 0) is 19.1 Å². The summed E-state index contributed by atoms with van der Waals surface area (Å²) in [5, 5.41) is 0. The minimum absolute atomic E-state index is 0.0811. The predicted molar refractivity (Wildman–Crippen MR) is 106 cm³/mol. The summed E-state index contributed by atoms with van der Waals surface area (Å²) in [5.41, 5.74) is 0.588. The molecular weight excluding hydrogens is 352 g/mol. The van der Waals surface area contributed by atoms with E-state index in [1.807, 2.05) is 6.08 Å². The number of carbonyl (C=O) groups excluding carboxylic acids is 3. The van der Waals surface area contributed by atoms with Crippen LogP contribution in [0.25, 0.3) is 0 Å². The standard InChI is InChI=1S/C24H32O4/c1-5-22(27)28-24(15(3)25)14(2)12-21-20-8-6-16-13-17(26)7-9-18(16)19(20)10-11-23(21,24)4/h13,18-21H,2,5-12H2,1,3-4H3/t18-,19+,20+,21-,23-,24-/m0/s1. The smallest absolute Gasteiger partial charge is 0.306 e. The summed E-state index contributed by atoms with van der Waals surface area (Å²) in [4.78, 5) is 37.1. The van der Waals surface area contributed by atoms with Gasteiger partial charge in [0, 0.05) is 18.3 Å². The number of hydrogen-bond donors (Lipinski definition) is 0. The summed E-state index contributed by atoms with van der Waals surface area (Å²) >= 11 is 0. The highest BCUT2D eigenvalue weighted by atomic mass is 16.6. The van der Waals surface area contributed by atoms with Gasteiger partial charge in [0.05, 0.1) is 0 Å². The number of carbonyl (C=O) groups is 3. The Morgan fingerprint density at radius 1 is 1.21 bits per heavy atom. The molecule has 0 heterocycles. The van der Waals surface area contributed by atoms with Gasteiger partial charge in [0.2, 0.25) is 0 Å². The molecule has 4 aliphatic carbocycles. The fraction of sp³-hybridized carbons (Fsp3) is 0.708. The van der Waals surface area contributed by atoms with Crippen molar-refractivity contribution < 1.29 is 19.1 Å². The van der Waals surface area contributed by atoms with Crippen molar-refractivity contribution in [2.24, 2.45) is 29.1 Å². The number of ether oxygens (including phenoxy) is 1. The van der Waals surface area contributed by atoms with Gasteiger partial charge >= 0.3 is 5.97 Å². The Hall–Kier alpha value is -1.71. The number of rotatable bonds is 3. The second-order valence-corrected chi connectivity index (χ2v) is 9.63. The number of allylic oxidation sites excluding steroid dienone is 1. The van der Waals surface area contributed by atoms with Gasteiger partial charge in [-0.15, -0.1) is 0 Å². The van der Waals surface area contributed by atoms with E-state index in [9.17, 15) is 14.4 Å². The highest BCUT2D eigenvalue weighted by molar-refractivity contribution is 5.93. The van der Waals surface area contributed by atoms with Gasteiger partial charge in [-0.25, -0.2) is 0 Å². The third kappa shape index (κ3) is 2.52. The van der Waals surface area contributed by atoms with E-state index in [0.29, 0.717) is 30.1 Å². The largest absolute Gasteiger partial charge is 0.446 e. The van der Waals surface area contributed by atoms with Crippen LogP contribution in [0.4, 0.5) is 0 Å². The third-order valence-electron chi connectivity index (χ3n) is 8.51. The maximum absolute atomic E-state index is 12.9. The van der Waals surface area contributed by atoms with Gasteiger partial charge in [0.1, 0.15) is 0 Å². The van der Waals surface area contributed by atoms with Crippen LogP contribution in [-0.4, -0.2) is 23.1 Å². The predicted octanol–water partition coefficient (Wildman–Crippen LogP) is 4.58. The molecule has 0 bridgehead atoms. The molecule has 0 aromatic heterocycles. The first kappa shape index (κ1) is 19.6. The van der Waals surface area contributed by atoms with Crippen LogP contribution < -0.4 is 0 Å². The van der Waals surface area contributed by atoms with E-state index in [4.69, 9.17) is 4.74 Å². The summed E-state index contributed by atoms with van der Waals surface area (Å²) in [5.74, 6) is 1.78. The van der Waals surface area contributed by atoms with Gasteiger partial charge in [-0.1, -0.05) is 26.0 Å². The maximum Gasteiger partial charge on any atom is 0.306 e. The average molecular weight is 385 g/mol. The van der Waals surface area contributed by atoms with Crippen LogP contribution in [0.5, 0.6) is 0 Å². The van der Waals surface area contributed by atoms with E-state index in [1.165, 1.54) is 5.57 Å². The summed E-state index contributed by atoms with van der Waals surface area (Å²) in [7, 11) is 0. The Balaban J connectivity index is 1.70. The molecule has 0 saturated heterocycles. The molecule has 4 rings (SSSR count). The molecule has 0 unspecified atom stereocenters. The Morgan fingerprint density at radius 2 is 1.96 bits per heavy atom. The Kier molecular flexibility index (Phi) is 4.67. The molecule has 4 heteroatoms. The highest BCUT2D eigenvalue weighted by Gasteiger charge is 2.68. The van der Waals surface area contributed by atoms with Crippen LogP contribution in [0.2, 0.25) is 0 Å². The van der Waals surface area contributed by atoms with E-state index in [1.54, 1.807) is 13.8 Å². The molecule has 28 heavy (non-hydrogen) atoms. The molecule has 4 aliphatic rings. The monoisotopic (exact) mass is 384 g/mol. The minimum Gasteiger partial charge on any atom is -0.446 e. The van der Waals surface area contributed by atoms with Gasteiger partial charge in [-0.05, 0) is 80.8 Å². The molecule has 6 atom stereocenters. The Labute approximate surface area is 167 Å². The van der Waals surface area contributed by atoms with Crippen molar-refractivity contribution in [1.82, 2.24) is 0 Å². The van der Waals surface area contributed by atoms with E-state index in [0.717, 1.165) is 44.1 Å². The molecule has 0 aromatic rings. The van der Waals surface area contributed by atoms with Crippen molar-refractivity contribution in [1.29, 1.82) is 0 Å².